The van der Waals surface area contributed by atoms with E-state index in [1.54, 1.807) is 0 Å². The topological polar surface area (TPSA) is 106 Å². The van der Waals surface area contributed by atoms with Crippen LogP contribution in [0.1, 0.15) is 41.5 Å². The van der Waals surface area contributed by atoms with Gasteiger partial charge < -0.3 is 15.2 Å². The van der Waals surface area contributed by atoms with Crippen LogP contribution < -0.4 is 5.32 Å². The first kappa shape index (κ1) is 24.4. The highest BCUT2D eigenvalue weighted by Crippen LogP contribution is 2.39. The van der Waals surface area contributed by atoms with Crippen LogP contribution >= 0.6 is 0 Å². The van der Waals surface area contributed by atoms with E-state index < -0.39 is 17.9 Å². The number of nitrogens with one attached hydrogen (secondary N) is 1. The van der Waals surface area contributed by atoms with E-state index in [-0.39, 0.29) is 30.7 Å². The second-order valence-corrected chi connectivity index (χ2v) is 17.9. The number of aryl methyl sites for hydroxylation is 2. The largest absolute Gasteiger partial charge is 0.396 e. The molecule has 182 valence electrons. The molecular formula is C23H36N4O4SSi. The van der Waals surface area contributed by atoms with Crippen LogP contribution in [0.15, 0.2) is 11.2 Å². The SMILES string of the molecule is C[Si](C)(C)CCOCn1nc(Nc2c3c(cc4c2CCC4)CCC3)nc1S(=O)(=O)CCCO. The summed E-state index contributed by atoms with van der Waals surface area (Å²) >= 11 is 0. The third-order valence-corrected chi connectivity index (χ3v) is 9.80. The van der Waals surface area contributed by atoms with Crippen LogP contribution in [0.5, 0.6) is 0 Å². The molecule has 33 heavy (non-hydrogen) atoms. The number of nitrogens with zero attached hydrogens (tertiary/aromatic N) is 3. The number of aliphatic hydroxyl groups excluding tert-OH is 1. The molecule has 4 rings (SSSR count). The van der Waals surface area contributed by atoms with Gasteiger partial charge in [-0.3, -0.25) is 0 Å². The molecule has 0 radical (unpaired) electrons. The summed E-state index contributed by atoms with van der Waals surface area (Å²) in [7, 11) is -4.95. The summed E-state index contributed by atoms with van der Waals surface area (Å²) in [6.45, 7) is 7.24. The van der Waals surface area contributed by atoms with Crippen LogP contribution in [0, 0.1) is 0 Å². The monoisotopic (exact) mass is 492 g/mol. The number of aliphatic hydroxyl groups is 1. The number of anilines is 2. The van der Waals surface area contributed by atoms with E-state index in [1.807, 2.05) is 0 Å². The Morgan fingerprint density at radius 3 is 2.39 bits per heavy atom. The van der Waals surface area contributed by atoms with Gasteiger partial charge in [0.1, 0.15) is 6.73 Å². The lowest BCUT2D eigenvalue weighted by Gasteiger charge is -2.15. The van der Waals surface area contributed by atoms with Crippen molar-refractivity contribution in [1.29, 1.82) is 0 Å². The van der Waals surface area contributed by atoms with Crippen LogP contribution in [-0.4, -0.2) is 55.3 Å². The summed E-state index contributed by atoms with van der Waals surface area (Å²) in [5.41, 5.74) is 6.51. The molecule has 2 N–H and O–H groups in total. The lowest BCUT2D eigenvalue weighted by Crippen LogP contribution is -2.23. The molecule has 1 heterocycles. The van der Waals surface area contributed by atoms with Gasteiger partial charge in [0.05, 0.1) is 5.75 Å². The summed E-state index contributed by atoms with van der Waals surface area (Å²) in [5.74, 6) is 0.118. The summed E-state index contributed by atoms with van der Waals surface area (Å²) in [6.07, 6.45) is 6.66. The highest BCUT2D eigenvalue weighted by atomic mass is 32.2. The van der Waals surface area contributed by atoms with E-state index >= 15 is 0 Å². The Hall–Kier alpha value is -1.75. The smallest absolute Gasteiger partial charge is 0.249 e. The van der Waals surface area contributed by atoms with E-state index in [0.717, 1.165) is 50.3 Å². The van der Waals surface area contributed by atoms with Crippen molar-refractivity contribution in [3.05, 3.63) is 28.3 Å². The van der Waals surface area contributed by atoms with Crippen molar-refractivity contribution in [3.8, 4) is 0 Å². The van der Waals surface area contributed by atoms with Gasteiger partial charge in [0, 0.05) is 27.0 Å². The molecule has 0 aliphatic heterocycles. The number of fused-ring (bicyclic) bond motifs is 2. The van der Waals surface area contributed by atoms with Gasteiger partial charge >= 0.3 is 0 Å². The van der Waals surface area contributed by atoms with E-state index in [0.29, 0.717) is 12.6 Å². The van der Waals surface area contributed by atoms with Crippen molar-refractivity contribution in [2.75, 3.05) is 24.3 Å². The Morgan fingerprint density at radius 2 is 1.79 bits per heavy atom. The molecule has 0 spiro atoms. The quantitative estimate of drug-likeness (QED) is 0.365. The number of rotatable bonds is 11. The van der Waals surface area contributed by atoms with Gasteiger partial charge in [-0.1, -0.05) is 25.7 Å². The molecule has 8 nitrogen and oxygen atoms in total. The molecule has 0 amide bonds. The average Bonchev–Trinajstić information content (AvgIpc) is 3.48. The molecule has 0 saturated heterocycles. The van der Waals surface area contributed by atoms with Gasteiger partial charge in [0.25, 0.3) is 0 Å². The third kappa shape index (κ3) is 5.67. The first-order chi connectivity index (χ1) is 15.7. The Morgan fingerprint density at radius 1 is 1.12 bits per heavy atom. The highest BCUT2D eigenvalue weighted by molar-refractivity contribution is 7.91. The van der Waals surface area contributed by atoms with Gasteiger partial charge in [-0.2, -0.15) is 4.98 Å². The summed E-state index contributed by atoms with van der Waals surface area (Å²) in [5, 5.41) is 16.9. The van der Waals surface area contributed by atoms with Crippen LogP contribution in [0.4, 0.5) is 11.6 Å². The van der Waals surface area contributed by atoms with E-state index in [1.165, 1.54) is 26.9 Å². The fraction of sp³-hybridized carbons (Fsp3) is 0.652. The molecule has 0 saturated carbocycles. The van der Waals surface area contributed by atoms with Crippen molar-refractivity contribution in [2.45, 2.75) is 82.5 Å². The number of hydrogen-bond acceptors (Lipinski definition) is 7. The number of hydrogen-bond donors (Lipinski definition) is 2. The number of sulfone groups is 1. The zero-order chi connectivity index (χ0) is 23.6. The normalized spacial score (nSPS) is 15.6. The average molecular weight is 493 g/mol. The molecule has 2 aliphatic rings. The standard InChI is InChI=1S/C23H36N4O4SSi/c1-33(2,3)14-12-31-16-27-23(32(29,30)13-6-11-28)25-22(26-27)24-21-19-9-4-7-17(19)15-18-8-5-10-20(18)21/h15,28H,4-14,16H2,1-3H3,(H,24,26). The molecule has 0 bridgehead atoms. The minimum Gasteiger partial charge on any atom is -0.396 e. The predicted octanol–water partition coefficient (Wildman–Crippen LogP) is 3.47. The number of aromatic nitrogens is 3. The van der Waals surface area contributed by atoms with Crippen LogP contribution in [0.25, 0.3) is 0 Å². The molecule has 0 fully saturated rings. The first-order valence-corrected chi connectivity index (χ1v) is 17.3. The zero-order valence-electron chi connectivity index (χ0n) is 20.0. The maximum Gasteiger partial charge on any atom is 0.249 e. The fourth-order valence-electron chi connectivity index (χ4n) is 4.65. The summed E-state index contributed by atoms with van der Waals surface area (Å²) < 4.78 is 33.0. The van der Waals surface area contributed by atoms with E-state index in [9.17, 15) is 8.42 Å². The fourth-order valence-corrected chi connectivity index (χ4v) is 6.74. The maximum absolute atomic E-state index is 12.9. The Labute approximate surface area is 197 Å². The maximum atomic E-state index is 12.9. The number of benzene rings is 1. The number of ether oxygens (including phenoxy) is 1. The van der Waals surface area contributed by atoms with Crippen molar-refractivity contribution in [2.24, 2.45) is 0 Å². The minimum atomic E-state index is -3.70. The van der Waals surface area contributed by atoms with Crippen molar-refractivity contribution < 1.29 is 18.3 Å². The third-order valence-electron chi connectivity index (χ3n) is 6.41. The summed E-state index contributed by atoms with van der Waals surface area (Å²) in [6, 6.07) is 3.35. The highest BCUT2D eigenvalue weighted by Gasteiger charge is 2.27. The van der Waals surface area contributed by atoms with E-state index in [2.05, 4.69) is 41.1 Å². The molecule has 1 aromatic heterocycles. The van der Waals surface area contributed by atoms with Crippen molar-refractivity contribution in [3.63, 3.8) is 0 Å². The Kier molecular flexibility index (Phi) is 7.28. The molecule has 2 aliphatic carbocycles. The molecule has 10 heteroatoms. The first-order valence-electron chi connectivity index (χ1n) is 12.0. The van der Waals surface area contributed by atoms with Gasteiger partial charge in [0.2, 0.25) is 20.9 Å². The molecule has 0 unspecified atom stereocenters. The zero-order valence-corrected chi connectivity index (χ0v) is 21.8. The van der Waals surface area contributed by atoms with Gasteiger partial charge in [-0.15, -0.1) is 5.10 Å². The van der Waals surface area contributed by atoms with Crippen molar-refractivity contribution >= 4 is 29.5 Å². The van der Waals surface area contributed by atoms with Gasteiger partial charge in [-0.25, -0.2) is 13.1 Å². The van der Waals surface area contributed by atoms with Gasteiger partial charge in [-0.05, 0) is 73.2 Å². The molecular weight excluding hydrogens is 456 g/mol. The minimum absolute atomic E-state index is 0.0395. The molecule has 1 aromatic carbocycles. The lowest BCUT2D eigenvalue weighted by atomic mass is 9.99. The van der Waals surface area contributed by atoms with Crippen LogP contribution in [0.2, 0.25) is 25.7 Å². The van der Waals surface area contributed by atoms with E-state index in [4.69, 9.17) is 9.84 Å². The summed E-state index contributed by atoms with van der Waals surface area (Å²) in [4.78, 5) is 4.41. The second kappa shape index (κ2) is 9.85. The van der Waals surface area contributed by atoms with Gasteiger partial charge in [0.15, 0.2) is 0 Å². The van der Waals surface area contributed by atoms with Crippen LogP contribution in [0.3, 0.4) is 0 Å². The Balaban J connectivity index is 1.62. The van der Waals surface area contributed by atoms with Crippen molar-refractivity contribution in [1.82, 2.24) is 14.8 Å². The molecule has 0 atom stereocenters. The second-order valence-electron chi connectivity index (χ2n) is 10.3. The molecule has 2 aromatic rings. The lowest BCUT2D eigenvalue weighted by molar-refractivity contribution is 0.0715. The van der Waals surface area contributed by atoms with Crippen LogP contribution in [-0.2, 0) is 47.0 Å². The Bertz CT molecular complexity index is 1080. The predicted molar refractivity (Wildman–Crippen MR) is 132 cm³/mol.